The Bertz CT molecular complexity index is 1050. The van der Waals surface area contributed by atoms with Gasteiger partial charge in [-0.15, -0.1) is 0 Å². The Balaban J connectivity index is 1.25. The third kappa shape index (κ3) is 24.9. The number of hydrogen-bond donors (Lipinski definition) is 2. The van der Waals surface area contributed by atoms with Crippen LogP contribution in [0, 0.1) is 0 Å². The van der Waals surface area contributed by atoms with Crippen LogP contribution >= 0.6 is 0 Å². The van der Waals surface area contributed by atoms with Crippen LogP contribution in [-0.2, 0) is 37.0 Å². The fraction of sp³-hybridized carbons (Fsp3) is 0.600. The fourth-order valence-corrected chi connectivity index (χ4v) is 5.42. The van der Waals surface area contributed by atoms with Crippen LogP contribution in [0.4, 0.5) is 9.59 Å². The fourth-order valence-electron chi connectivity index (χ4n) is 5.42. The van der Waals surface area contributed by atoms with Gasteiger partial charge in [-0.3, -0.25) is 9.59 Å². The molecule has 0 aromatic heterocycles. The van der Waals surface area contributed by atoms with E-state index in [0.717, 1.165) is 101 Å². The minimum Gasteiger partial charge on any atom is -0.445 e. The first-order chi connectivity index (χ1) is 24.0. The Morgan fingerprint density at radius 2 is 0.714 bits per heavy atom. The van der Waals surface area contributed by atoms with Gasteiger partial charge in [0.1, 0.15) is 13.2 Å². The average molecular weight is 681 g/mol. The number of amides is 2. The van der Waals surface area contributed by atoms with E-state index in [1.165, 1.54) is 25.7 Å². The van der Waals surface area contributed by atoms with Crippen LogP contribution in [0.25, 0.3) is 0 Å². The van der Waals surface area contributed by atoms with E-state index in [2.05, 4.69) is 10.6 Å². The summed E-state index contributed by atoms with van der Waals surface area (Å²) in [6, 6.07) is 19.3. The summed E-state index contributed by atoms with van der Waals surface area (Å²) in [6.07, 6.45) is 18.8. The summed E-state index contributed by atoms with van der Waals surface area (Å²) in [5.74, 6) is -0.802. The highest BCUT2D eigenvalue weighted by Gasteiger charge is 2.10. The van der Waals surface area contributed by atoms with Gasteiger partial charge in [0.2, 0.25) is 0 Å². The lowest BCUT2D eigenvalue weighted by Crippen LogP contribution is -2.25. The Morgan fingerprint density at radius 1 is 0.408 bits per heavy atom. The van der Waals surface area contributed by atoms with E-state index in [-0.39, 0.29) is 25.4 Å². The third-order valence-corrected chi connectivity index (χ3v) is 8.31. The summed E-state index contributed by atoms with van der Waals surface area (Å²) in [6.45, 7) is 1.84. The summed E-state index contributed by atoms with van der Waals surface area (Å²) in [5.41, 5.74) is 1.95. The van der Waals surface area contributed by atoms with Gasteiger partial charge in [0.05, 0.1) is 0 Å². The van der Waals surface area contributed by atoms with E-state index in [1.807, 2.05) is 60.7 Å². The zero-order valence-corrected chi connectivity index (χ0v) is 29.6. The molecular formula is C40H60N2O7. The molecule has 0 unspecified atom stereocenters. The van der Waals surface area contributed by atoms with Gasteiger partial charge in [0, 0.05) is 25.9 Å². The van der Waals surface area contributed by atoms with Crippen molar-refractivity contribution in [2.75, 3.05) is 13.1 Å². The van der Waals surface area contributed by atoms with Crippen LogP contribution in [0.1, 0.15) is 140 Å². The molecule has 0 radical (unpaired) electrons. The predicted octanol–water partition coefficient (Wildman–Crippen LogP) is 9.71. The highest BCUT2D eigenvalue weighted by atomic mass is 16.6. The summed E-state index contributed by atoms with van der Waals surface area (Å²) in [4.78, 5) is 47.4. The number of carbonyl (C=O) groups is 4. The minimum atomic E-state index is -0.401. The topological polar surface area (TPSA) is 120 Å². The second kappa shape index (κ2) is 29.1. The van der Waals surface area contributed by atoms with Crippen molar-refractivity contribution in [3.8, 4) is 0 Å². The molecule has 0 bridgehead atoms. The Morgan fingerprint density at radius 3 is 1.06 bits per heavy atom. The van der Waals surface area contributed by atoms with Crippen LogP contribution in [-0.4, -0.2) is 37.2 Å². The first kappa shape index (κ1) is 41.3. The summed E-state index contributed by atoms with van der Waals surface area (Å²) < 4.78 is 15.4. The van der Waals surface area contributed by atoms with Crippen LogP contribution in [0.3, 0.4) is 0 Å². The molecule has 0 fully saturated rings. The van der Waals surface area contributed by atoms with Crippen molar-refractivity contribution in [2.45, 2.75) is 142 Å². The molecule has 9 heteroatoms. The number of unbranched alkanes of at least 4 members (excludes halogenated alkanes) is 16. The number of benzene rings is 2. The molecule has 49 heavy (non-hydrogen) atoms. The van der Waals surface area contributed by atoms with Crippen LogP contribution in [0.5, 0.6) is 0 Å². The zero-order chi connectivity index (χ0) is 35.0. The summed E-state index contributed by atoms with van der Waals surface area (Å²) >= 11 is 0. The lowest BCUT2D eigenvalue weighted by molar-refractivity contribution is -0.159. The van der Waals surface area contributed by atoms with Gasteiger partial charge in [-0.05, 0) is 36.8 Å². The second-order valence-corrected chi connectivity index (χ2v) is 12.7. The van der Waals surface area contributed by atoms with Crippen LogP contribution in [0.2, 0.25) is 0 Å². The molecule has 0 saturated carbocycles. The lowest BCUT2D eigenvalue weighted by Gasteiger charge is -2.07. The maximum atomic E-state index is 12.0. The van der Waals surface area contributed by atoms with Crippen molar-refractivity contribution in [3.63, 3.8) is 0 Å². The highest BCUT2D eigenvalue weighted by Crippen LogP contribution is 2.13. The Kier molecular flexibility index (Phi) is 24.5. The minimum absolute atomic E-state index is 0.287. The molecule has 272 valence electrons. The largest absolute Gasteiger partial charge is 0.445 e. The van der Waals surface area contributed by atoms with Gasteiger partial charge >= 0.3 is 24.1 Å². The van der Waals surface area contributed by atoms with E-state index in [1.54, 1.807) is 0 Å². The van der Waals surface area contributed by atoms with E-state index in [4.69, 9.17) is 14.2 Å². The van der Waals surface area contributed by atoms with Gasteiger partial charge in [-0.25, -0.2) is 9.59 Å². The van der Waals surface area contributed by atoms with Gasteiger partial charge in [0.25, 0.3) is 0 Å². The standard InChI is InChI=1S/C40H60N2O7/c43-37(29-21-11-7-3-1-5-9-13-23-31-41-39(45)47-33-35-25-17-15-18-26-35)49-38(44)30-22-12-8-4-2-6-10-14-24-32-42-40(46)48-34-36-27-19-16-20-28-36/h15-20,25-28H,1-14,21-24,29-34H2,(H,41,45)(H,42,46). The number of rotatable bonds is 28. The van der Waals surface area contributed by atoms with E-state index >= 15 is 0 Å². The lowest BCUT2D eigenvalue weighted by atomic mass is 10.1. The number of alkyl carbamates (subject to hydrolysis) is 2. The van der Waals surface area contributed by atoms with Crippen LogP contribution in [0.15, 0.2) is 60.7 Å². The first-order valence-electron chi connectivity index (χ1n) is 18.7. The summed E-state index contributed by atoms with van der Waals surface area (Å²) in [5, 5.41) is 5.61. The quantitative estimate of drug-likeness (QED) is 0.0397. The predicted molar refractivity (Wildman–Crippen MR) is 193 cm³/mol. The molecule has 2 N–H and O–H groups in total. The van der Waals surface area contributed by atoms with Gasteiger partial charge in [0.15, 0.2) is 0 Å². The molecule has 0 aliphatic carbocycles. The van der Waals surface area contributed by atoms with Crippen molar-refractivity contribution < 1.29 is 33.4 Å². The molecule has 2 amide bonds. The molecule has 0 atom stereocenters. The molecule has 0 aliphatic rings. The molecule has 0 aliphatic heterocycles. The molecule has 9 nitrogen and oxygen atoms in total. The smallest absolute Gasteiger partial charge is 0.407 e. The number of carbonyl (C=O) groups excluding carboxylic acids is 4. The van der Waals surface area contributed by atoms with Gasteiger partial charge in [-0.2, -0.15) is 0 Å². The van der Waals surface area contributed by atoms with Crippen LogP contribution < -0.4 is 10.6 Å². The summed E-state index contributed by atoms with van der Waals surface area (Å²) in [7, 11) is 0. The molecule has 2 rings (SSSR count). The van der Waals surface area contributed by atoms with Crippen molar-refractivity contribution in [3.05, 3.63) is 71.8 Å². The van der Waals surface area contributed by atoms with Crippen molar-refractivity contribution in [2.24, 2.45) is 0 Å². The maximum absolute atomic E-state index is 12.0. The highest BCUT2D eigenvalue weighted by molar-refractivity contribution is 5.85. The van der Waals surface area contributed by atoms with Gasteiger partial charge < -0.3 is 24.8 Å². The number of hydrogen-bond acceptors (Lipinski definition) is 7. The van der Waals surface area contributed by atoms with E-state index < -0.39 is 11.9 Å². The zero-order valence-electron chi connectivity index (χ0n) is 29.6. The van der Waals surface area contributed by atoms with Crippen molar-refractivity contribution in [1.82, 2.24) is 10.6 Å². The first-order valence-corrected chi connectivity index (χ1v) is 18.7. The number of nitrogens with one attached hydrogen (secondary N) is 2. The Hall–Kier alpha value is -3.88. The van der Waals surface area contributed by atoms with E-state index in [9.17, 15) is 19.2 Å². The second-order valence-electron chi connectivity index (χ2n) is 12.7. The third-order valence-electron chi connectivity index (χ3n) is 8.31. The SMILES string of the molecule is O=C(CCCCCCCCCCCNC(=O)OCc1ccccc1)OC(=O)CCCCCCCCCCCNC(=O)OCc1ccccc1. The van der Waals surface area contributed by atoms with E-state index in [0.29, 0.717) is 25.9 Å². The average Bonchev–Trinajstić information content (AvgIpc) is 3.11. The molecule has 0 spiro atoms. The Labute approximate surface area is 294 Å². The monoisotopic (exact) mass is 680 g/mol. The molecule has 0 saturated heterocycles. The van der Waals surface area contributed by atoms with Crippen molar-refractivity contribution in [1.29, 1.82) is 0 Å². The molecule has 2 aromatic carbocycles. The van der Waals surface area contributed by atoms with Crippen molar-refractivity contribution >= 4 is 24.1 Å². The maximum Gasteiger partial charge on any atom is 0.407 e. The normalized spacial score (nSPS) is 10.7. The molecule has 2 aromatic rings. The number of esters is 2. The molecular weight excluding hydrogens is 620 g/mol. The number of ether oxygens (including phenoxy) is 3. The molecule has 0 heterocycles. The van der Waals surface area contributed by atoms with Gasteiger partial charge in [-0.1, -0.05) is 151 Å².